The van der Waals surface area contributed by atoms with Gasteiger partial charge in [0, 0.05) is 56.0 Å². The maximum Gasteiger partial charge on any atom is 0.255 e. The van der Waals surface area contributed by atoms with Crippen LogP contribution in [0.25, 0.3) is 33.4 Å². The van der Waals surface area contributed by atoms with E-state index in [-0.39, 0.29) is 23.2 Å². The largest absolute Gasteiger partial charge is 0.455 e. The number of carbonyl (C=O) groups excluding carboxylic acids is 1. The number of furan rings is 1. The number of carbonyl (C=O) groups is 1. The van der Waals surface area contributed by atoms with Gasteiger partial charge < -0.3 is 14.6 Å². The van der Waals surface area contributed by atoms with Crippen LogP contribution in [0.15, 0.2) is 100 Å². The lowest BCUT2D eigenvalue weighted by atomic mass is 9.97. The van der Waals surface area contributed by atoms with Crippen molar-refractivity contribution >= 4 is 32.6 Å². The van der Waals surface area contributed by atoms with Gasteiger partial charge >= 0.3 is 0 Å². The average Bonchev–Trinajstić information content (AvgIpc) is 3.34. The van der Waals surface area contributed by atoms with Crippen molar-refractivity contribution < 1.29 is 22.0 Å². The minimum Gasteiger partial charge on any atom is -0.455 e. The molecule has 0 saturated heterocycles. The standard InChI is InChI=1S/C31H28FN3O4S/c1-33-31(36)29-26-17-25(27(35(2)3)18-28(26)39-30(29)21-12-14-23(32)15-13-21)22-9-7-8-20(16-22)19-34-40(37,38)24-10-5-4-6-11-24/h4-18,34H,19H2,1-3H3,(H,33,36). The lowest BCUT2D eigenvalue weighted by Gasteiger charge is -2.18. The maximum atomic E-state index is 13.6. The van der Waals surface area contributed by atoms with E-state index in [0.29, 0.717) is 27.9 Å². The Labute approximate surface area is 232 Å². The third-order valence-corrected chi connectivity index (χ3v) is 8.02. The highest BCUT2D eigenvalue weighted by molar-refractivity contribution is 7.89. The minimum absolute atomic E-state index is 0.106. The van der Waals surface area contributed by atoms with Gasteiger partial charge in [-0.05, 0) is 59.7 Å². The van der Waals surface area contributed by atoms with Gasteiger partial charge in [0.25, 0.3) is 5.91 Å². The zero-order valence-corrected chi connectivity index (χ0v) is 23.1. The molecule has 0 saturated carbocycles. The smallest absolute Gasteiger partial charge is 0.255 e. The summed E-state index contributed by atoms with van der Waals surface area (Å²) < 4.78 is 47.9. The second-order valence-corrected chi connectivity index (χ2v) is 11.3. The van der Waals surface area contributed by atoms with Gasteiger partial charge in [-0.1, -0.05) is 36.4 Å². The first-order valence-corrected chi connectivity index (χ1v) is 14.1. The van der Waals surface area contributed by atoms with Crippen LogP contribution >= 0.6 is 0 Å². The second-order valence-electron chi connectivity index (χ2n) is 9.49. The highest BCUT2D eigenvalue weighted by Gasteiger charge is 2.24. The number of halogens is 1. The predicted octanol–water partition coefficient (Wildman–Crippen LogP) is 5.81. The molecule has 0 unspecified atom stereocenters. The Balaban J connectivity index is 1.59. The van der Waals surface area contributed by atoms with Crippen molar-refractivity contribution in [2.45, 2.75) is 11.4 Å². The zero-order chi connectivity index (χ0) is 28.4. The molecule has 5 aromatic rings. The van der Waals surface area contributed by atoms with Crippen LogP contribution < -0.4 is 14.9 Å². The summed E-state index contributed by atoms with van der Waals surface area (Å²) in [4.78, 5) is 15.2. The number of sulfonamides is 1. The summed E-state index contributed by atoms with van der Waals surface area (Å²) in [6, 6.07) is 25.4. The fraction of sp³-hybridized carbons (Fsp3) is 0.129. The molecule has 0 aliphatic carbocycles. The molecular weight excluding hydrogens is 529 g/mol. The van der Waals surface area contributed by atoms with E-state index < -0.39 is 10.0 Å². The number of anilines is 1. The first-order valence-electron chi connectivity index (χ1n) is 12.6. The molecule has 1 aromatic heterocycles. The van der Waals surface area contributed by atoms with Gasteiger partial charge in [0.2, 0.25) is 10.0 Å². The first-order chi connectivity index (χ1) is 19.2. The Hall–Kier alpha value is -4.47. The van der Waals surface area contributed by atoms with Crippen molar-refractivity contribution in [1.82, 2.24) is 10.0 Å². The topological polar surface area (TPSA) is 91.7 Å². The highest BCUT2D eigenvalue weighted by Crippen LogP contribution is 2.40. The lowest BCUT2D eigenvalue weighted by molar-refractivity contribution is 0.0964. The van der Waals surface area contributed by atoms with Crippen LogP contribution in [-0.4, -0.2) is 35.5 Å². The summed E-state index contributed by atoms with van der Waals surface area (Å²) in [5.41, 5.74) is 4.73. The fourth-order valence-corrected chi connectivity index (χ4v) is 5.64. The molecular formula is C31H28FN3O4S. The molecule has 204 valence electrons. The quantitative estimate of drug-likeness (QED) is 0.251. The van der Waals surface area contributed by atoms with Crippen LogP contribution in [0.5, 0.6) is 0 Å². The molecule has 40 heavy (non-hydrogen) atoms. The van der Waals surface area contributed by atoms with Crippen molar-refractivity contribution in [3.63, 3.8) is 0 Å². The van der Waals surface area contributed by atoms with Crippen LogP contribution in [0.1, 0.15) is 15.9 Å². The van der Waals surface area contributed by atoms with Gasteiger partial charge in [0.15, 0.2) is 0 Å². The summed E-state index contributed by atoms with van der Waals surface area (Å²) in [6.07, 6.45) is 0. The molecule has 9 heteroatoms. The van der Waals surface area contributed by atoms with E-state index in [1.807, 2.05) is 55.4 Å². The number of benzene rings is 4. The average molecular weight is 558 g/mol. The van der Waals surface area contributed by atoms with Crippen LogP contribution in [0.2, 0.25) is 0 Å². The summed E-state index contributed by atoms with van der Waals surface area (Å²) in [7, 11) is 1.69. The lowest BCUT2D eigenvalue weighted by Crippen LogP contribution is -2.23. The Morgan fingerprint density at radius 3 is 2.30 bits per heavy atom. The molecule has 5 rings (SSSR count). The summed E-state index contributed by atoms with van der Waals surface area (Å²) in [6.45, 7) is 0.106. The van der Waals surface area contributed by atoms with E-state index in [2.05, 4.69) is 10.0 Å². The normalized spacial score (nSPS) is 11.5. The van der Waals surface area contributed by atoms with Gasteiger partial charge in [-0.3, -0.25) is 4.79 Å². The summed E-state index contributed by atoms with van der Waals surface area (Å²) >= 11 is 0. The number of rotatable bonds is 8. The van der Waals surface area contributed by atoms with Gasteiger partial charge in [0.1, 0.15) is 17.2 Å². The number of nitrogens with zero attached hydrogens (tertiary/aromatic N) is 1. The monoisotopic (exact) mass is 557 g/mol. The molecule has 0 bridgehead atoms. The predicted molar refractivity (Wildman–Crippen MR) is 155 cm³/mol. The van der Waals surface area contributed by atoms with Crippen molar-refractivity contribution in [2.75, 3.05) is 26.0 Å². The minimum atomic E-state index is -3.67. The highest BCUT2D eigenvalue weighted by atomic mass is 32.2. The Bertz CT molecular complexity index is 1800. The van der Waals surface area contributed by atoms with E-state index in [4.69, 9.17) is 4.42 Å². The zero-order valence-electron chi connectivity index (χ0n) is 22.2. The van der Waals surface area contributed by atoms with E-state index in [0.717, 1.165) is 22.4 Å². The third kappa shape index (κ3) is 5.34. The first kappa shape index (κ1) is 27.1. The molecule has 0 fully saturated rings. The van der Waals surface area contributed by atoms with Crippen molar-refractivity contribution in [3.05, 3.63) is 108 Å². The Morgan fingerprint density at radius 1 is 0.900 bits per heavy atom. The fourth-order valence-electron chi connectivity index (χ4n) is 4.60. The number of nitrogens with one attached hydrogen (secondary N) is 2. The second kappa shape index (κ2) is 11.0. The van der Waals surface area contributed by atoms with Gasteiger partial charge in [-0.25, -0.2) is 17.5 Å². The molecule has 2 N–H and O–H groups in total. The molecule has 0 radical (unpaired) electrons. The molecule has 0 spiro atoms. The van der Waals surface area contributed by atoms with Gasteiger partial charge in [-0.2, -0.15) is 0 Å². The van der Waals surface area contributed by atoms with Crippen LogP contribution in [0, 0.1) is 5.82 Å². The summed E-state index contributed by atoms with van der Waals surface area (Å²) in [5, 5.41) is 3.29. The van der Waals surface area contributed by atoms with Gasteiger partial charge in [0.05, 0.1) is 10.5 Å². The van der Waals surface area contributed by atoms with Crippen LogP contribution in [0.3, 0.4) is 0 Å². The van der Waals surface area contributed by atoms with Crippen molar-refractivity contribution in [2.24, 2.45) is 0 Å². The number of fused-ring (bicyclic) bond motifs is 1. The van der Waals surface area contributed by atoms with E-state index in [1.54, 1.807) is 49.5 Å². The third-order valence-electron chi connectivity index (χ3n) is 6.61. The van der Waals surface area contributed by atoms with Crippen LogP contribution in [0.4, 0.5) is 10.1 Å². The van der Waals surface area contributed by atoms with Gasteiger partial charge in [-0.15, -0.1) is 0 Å². The van der Waals surface area contributed by atoms with E-state index >= 15 is 0 Å². The molecule has 1 amide bonds. The Morgan fingerprint density at radius 2 is 1.62 bits per heavy atom. The molecule has 0 atom stereocenters. The molecule has 0 aliphatic heterocycles. The van der Waals surface area contributed by atoms with Crippen LogP contribution in [-0.2, 0) is 16.6 Å². The van der Waals surface area contributed by atoms with E-state index in [1.165, 1.54) is 12.1 Å². The molecule has 0 aliphatic rings. The maximum absolute atomic E-state index is 13.6. The summed E-state index contributed by atoms with van der Waals surface area (Å²) in [5.74, 6) is -0.365. The van der Waals surface area contributed by atoms with E-state index in [9.17, 15) is 17.6 Å². The molecule has 1 heterocycles. The Kier molecular flexibility index (Phi) is 7.42. The SMILES string of the molecule is CNC(=O)c1c(-c2ccc(F)cc2)oc2cc(N(C)C)c(-c3cccc(CNS(=O)(=O)c4ccccc4)c3)cc12. The number of amides is 1. The molecule has 4 aromatic carbocycles. The van der Waals surface area contributed by atoms with Crippen molar-refractivity contribution in [1.29, 1.82) is 0 Å². The number of hydrogen-bond donors (Lipinski definition) is 2. The van der Waals surface area contributed by atoms with Crippen molar-refractivity contribution in [3.8, 4) is 22.5 Å². The number of hydrogen-bond acceptors (Lipinski definition) is 5. The molecule has 7 nitrogen and oxygen atoms in total.